The van der Waals surface area contributed by atoms with Crippen molar-refractivity contribution in [3.05, 3.63) is 59.7 Å². The maximum absolute atomic E-state index is 12.5. The highest BCUT2D eigenvalue weighted by atomic mass is 16.5. The van der Waals surface area contributed by atoms with Crippen LogP contribution >= 0.6 is 0 Å². The minimum atomic E-state index is 0.0740. The van der Waals surface area contributed by atoms with Crippen molar-refractivity contribution in [1.82, 2.24) is 4.90 Å². The summed E-state index contributed by atoms with van der Waals surface area (Å²) in [4.78, 5) is 14.5. The second-order valence-electron chi connectivity index (χ2n) is 6.43. The van der Waals surface area contributed by atoms with Gasteiger partial charge in [0.1, 0.15) is 0 Å². The summed E-state index contributed by atoms with van der Waals surface area (Å²) >= 11 is 0. The van der Waals surface area contributed by atoms with Gasteiger partial charge in [0.05, 0.1) is 6.10 Å². The van der Waals surface area contributed by atoms with E-state index in [1.54, 1.807) is 7.11 Å². The van der Waals surface area contributed by atoms with E-state index in [1.807, 2.05) is 42.2 Å². The second kappa shape index (κ2) is 7.63. The summed E-state index contributed by atoms with van der Waals surface area (Å²) in [6.07, 6.45) is 3.55. The van der Waals surface area contributed by atoms with Gasteiger partial charge in [-0.25, -0.2) is 0 Å². The molecule has 3 heteroatoms. The number of nitrogens with zero attached hydrogens (tertiary/aromatic N) is 1. The van der Waals surface area contributed by atoms with Crippen LogP contribution in [0.4, 0.5) is 0 Å². The molecule has 1 fully saturated rings. The number of ether oxygens (including phenoxy) is 1. The molecule has 1 atom stereocenters. The molecule has 24 heavy (non-hydrogen) atoms. The summed E-state index contributed by atoms with van der Waals surface area (Å²) in [5, 5.41) is 0. The molecule has 0 N–H and O–H groups in total. The van der Waals surface area contributed by atoms with Gasteiger partial charge in [-0.3, -0.25) is 4.79 Å². The molecule has 0 radical (unpaired) electrons. The fourth-order valence-electron chi connectivity index (χ4n) is 3.19. The topological polar surface area (TPSA) is 29.5 Å². The first-order valence-corrected chi connectivity index (χ1v) is 8.71. The number of methoxy groups -OCH3 is 1. The molecule has 1 saturated heterocycles. The monoisotopic (exact) mass is 323 g/mol. The molecule has 2 aromatic rings. The number of piperidine rings is 1. The van der Waals surface area contributed by atoms with Crippen LogP contribution in [0.2, 0.25) is 0 Å². The number of hydrogen-bond acceptors (Lipinski definition) is 2. The van der Waals surface area contributed by atoms with E-state index in [2.05, 4.69) is 18.2 Å². The molecule has 1 aliphatic rings. The molecule has 2 aromatic carbocycles. The van der Waals surface area contributed by atoms with Gasteiger partial charge >= 0.3 is 0 Å². The SMILES string of the molecule is CO[C@H](C)c1cccc(-c2ccc(C(=O)N3CCCCC3)cc2)c1. The van der Waals surface area contributed by atoms with E-state index in [0.717, 1.165) is 48.2 Å². The van der Waals surface area contributed by atoms with E-state index >= 15 is 0 Å². The standard InChI is InChI=1S/C21H25NO2/c1-16(24-2)19-7-6-8-20(15-19)17-9-11-18(12-10-17)21(23)22-13-4-3-5-14-22/h6-12,15-16H,3-5,13-14H2,1-2H3/t16-/m1/s1. The zero-order valence-corrected chi connectivity index (χ0v) is 14.5. The van der Waals surface area contributed by atoms with Crippen molar-refractivity contribution in [1.29, 1.82) is 0 Å². The van der Waals surface area contributed by atoms with Gasteiger partial charge in [0, 0.05) is 25.8 Å². The molecule has 0 saturated carbocycles. The van der Waals surface area contributed by atoms with Crippen molar-refractivity contribution in [2.75, 3.05) is 20.2 Å². The third-order valence-corrected chi connectivity index (χ3v) is 4.82. The molecule has 1 heterocycles. The van der Waals surface area contributed by atoms with Crippen LogP contribution in [0.5, 0.6) is 0 Å². The molecule has 3 nitrogen and oxygen atoms in total. The average Bonchev–Trinajstić information content (AvgIpc) is 2.67. The summed E-state index contributed by atoms with van der Waals surface area (Å²) in [6.45, 7) is 3.81. The molecule has 126 valence electrons. The lowest BCUT2D eigenvalue weighted by Crippen LogP contribution is -2.35. The Labute approximate surface area is 144 Å². The Bertz CT molecular complexity index is 687. The van der Waals surface area contributed by atoms with E-state index < -0.39 is 0 Å². The normalized spacial score (nSPS) is 16.0. The quantitative estimate of drug-likeness (QED) is 0.817. The van der Waals surface area contributed by atoms with Crippen molar-refractivity contribution < 1.29 is 9.53 Å². The smallest absolute Gasteiger partial charge is 0.253 e. The van der Waals surface area contributed by atoms with Crippen molar-refractivity contribution in [2.24, 2.45) is 0 Å². The predicted octanol–water partition coefficient (Wildman–Crippen LogP) is 4.69. The fraction of sp³-hybridized carbons (Fsp3) is 0.381. The van der Waals surface area contributed by atoms with Gasteiger partial charge in [0.15, 0.2) is 0 Å². The summed E-state index contributed by atoms with van der Waals surface area (Å²) in [7, 11) is 1.72. The molecular weight excluding hydrogens is 298 g/mol. The molecule has 0 aromatic heterocycles. The number of carbonyl (C=O) groups is 1. The lowest BCUT2D eigenvalue weighted by molar-refractivity contribution is 0.0724. The van der Waals surface area contributed by atoms with Gasteiger partial charge in [0.2, 0.25) is 0 Å². The average molecular weight is 323 g/mol. The molecule has 3 rings (SSSR count). The summed E-state index contributed by atoms with van der Waals surface area (Å²) < 4.78 is 5.39. The van der Waals surface area contributed by atoms with Crippen LogP contribution in [0.25, 0.3) is 11.1 Å². The van der Waals surface area contributed by atoms with Crippen LogP contribution in [-0.4, -0.2) is 31.0 Å². The lowest BCUT2D eigenvalue weighted by atomic mass is 9.99. The zero-order valence-electron chi connectivity index (χ0n) is 14.5. The first kappa shape index (κ1) is 16.7. The fourth-order valence-corrected chi connectivity index (χ4v) is 3.19. The highest BCUT2D eigenvalue weighted by Gasteiger charge is 2.18. The largest absolute Gasteiger partial charge is 0.377 e. The number of hydrogen-bond donors (Lipinski definition) is 0. The maximum atomic E-state index is 12.5. The zero-order chi connectivity index (χ0) is 16.9. The highest BCUT2D eigenvalue weighted by molar-refractivity contribution is 5.94. The van der Waals surface area contributed by atoms with Gasteiger partial charge < -0.3 is 9.64 Å². The number of amides is 1. The molecule has 1 aliphatic heterocycles. The first-order chi connectivity index (χ1) is 11.7. The maximum Gasteiger partial charge on any atom is 0.253 e. The minimum absolute atomic E-state index is 0.0740. The minimum Gasteiger partial charge on any atom is -0.377 e. The van der Waals surface area contributed by atoms with E-state index in [1.165, 1.54) is 6.42 Å². The number of likely N-dealkylation sites (tertiary alicyclic amines) is 1. The van der Waals surface area contributed by atoms with E-state index in [9.17, 15) is 4.79 Å². The van der Waals surface area contributed by atoms with Crippen LogP contribution in [0, 0.1) is 0 Å². The Morgan fingerprint density at radius 1 is 1.00 bits per heavy atom. The van der Waals surface area contributed by atoms with Crippen molar-refractivity contribution in [3.8, 4) is 11.1 Å². The summed E-state index contributed by atoms with van der Waals surface area (Å²) in [5.41, 5.74) is 4.20. The van der Waals surface area contributed by atoms with E-state index in [4.69, 9.17) is 4.74 Å². The van der Waals surface area contributed by atoms with E-state index in [0.29, 0.717) is 0 Å². The third kappa shape index (κ3) is 3.68. The number of carbonyl (C=O) groups excluding carboxylic acids is 1. The molecule has 0 aliphatic carbocycles. The van der Waals surface area contributed by atoms with E-state index in [-0.39, 0.29) is 12.0 Å². The Balaban J connectivity index is 1.78. The second-order valence-corrected chi connectivity index (χ2v) is 6.43. The Hall–Kier alpha value is -2.13. The Morgan fingerprint density at radius 3 is 2.38 bits per heavy atom. The summed E-state index contributed by atoms with van der Waals surface area (Å²) in [6, 6.07) is 16.3. The van der Waals surface area contributed by atoms with Crippen molar-refractivity contribution in [3.63, 3.8) is 0 Å². The number of benzene rings is 2. The third-order valence-electron chi connectivity index (χ3n) is 4.82. The Kier molecular flexibility index (Phi) is 5.31. The van der Waals surface area contributed by atoms with Gasteiger partial charge in [0.25, 0.3) is 5.91 Å². The van der Waals surface area contributed by atoms with Crippen molar-refractivity contribution in [2.45, 2.75) is 32.3 Å². The van der Waals surface area contributed by atoms with Crippen LogP contribution in [-0.2, 0) is 4.74 Å². The van der Waals surface area contributed by atoms with Crippen LogP contribution in [0.1, 0.15) is 48.2 Å². The molecule has 0 bridgehead atoms. The first-order valence-electron chi connectivity index (χ1n) is 8.71. The molecular formula is C21H25NO2. The lowest BCUT2D eigenvalue weighted by Gasteiger charge is -2.26. The van der Waals surface area contributed by atoms with Crippen LogP contribution in [0.15, 0.2) is 48.5 Å². The van der Waals surface area contributed by atoms with Crippen LogP contribution < -0.4 is 0 Å². The highest BCUT2D eigenvalue weighted by Crippen LogP contribution is 2.25. The van der Waals surface area contributed by atoms with Gasteiger partial charge in [-0.05, 0) is 61.1 Å². The molecule has 0 unspecified atom stereocenters. The van der Waals surface area contributed by atoms with Crippen molar-refractivity contribution >= 4 is 5.91 Å². The van der Waals surface area contributed by atoms with Gasteiger partial charge in [-0.2, -0.15) is 0 Å². The molecule has 1 amide bonds. The van der Waals surface area contributed by atoms with Gasteiger partial charge in [-0.1, -0.05) is 30.3 Å². The summed E-state index contributed by atoms with van der Waals surface area (Å²) in [5.74, 6) is 0.156. The Morgan fingerprint density at radius 2 is 1.71 bits per heavy atom. The predicted molar refractivity (Wildman–Crippen MR) is 97.1 cm³/mol. The van der Waals surface area contributed by atoms with Gasteiger partial charge in [-0.15, -0.1) is 0 Å². The van der Waals surface area contributed by atoms with Crippen LogP contribution in [0.3, 0.4) is 0 Å². The number of rotatable bonds is 4. The molecule has 0 spiro atoms.